The average molecular weight is 214 g/mol. The van der Waals surface area contributed by atoms with E-state index in [4.69, 9.17) is 4.74 Å². The molecule has 1 atom stereocenters. The van der Waals surface area contributed by atoms with Crippen molar-refractivity contribution in [3.8, 4) is 0 Å². The Hall–Kier alpha value is -0.120. The lowest BCUT2D eigenvalue weighted by Crippen LogP contribution is -2.54. The number of ether oxygens (including phenoxy) is 1. The maximum atomic E-state index is 5.57. The summed E-state index contributed by atoms with van der Waals surface area (Å²) in [5, 5.41) is 3.43. The van der Waals surface area contributed by atoms with Crippen LogP contribution in [0.15, 0.2) is 0 Å². The number of hydrogen-bond acceptors (Lipinski definition) is 3. The lowest BCUT2D eigenvalue weighted by Gasteiger charge is -2.40. The fourth-order valence-electron chi connectivity index (χ4n) is 2.39. The molecule has 0 saturated carbocycles. The van der Waals surface area contributed by atoms with Gasteiger partial charge in [0.05, 0.1) is 13.2 Å². The summed E-state index contributed by atoms with van der Waals surface area (Å²) < 4.78 is 5.57. The van der Waals surface area contributed by atoms with Crippen molar-refractivity contribution in [2.45, 2.75) is 45.7 Å². The zero-order chi connectivity index (χ0) is 11.1. The van der Waals surface area contributed by atoms with Crippen molar-refractivity contribution in [1.82, 2.24) is 10.2 Å². The van der Waals surface area contributed by atoms with E-state index >= 15 is 0 Å². The molecule has 3 nitrogen and oxygen atoms in total. The molecular formula is C12H26N2O. The minimum absolute atomic E-state index is 0.573. The largest absolute Gasteiger partial charge is 0.378 e. The van der Waals surface area contributed by atoms with Crippen LogP contribution in [-0.4, -0.2) is 49.8 Å². The molecule has 1 unspecified atom stereocenters. The van der Waals surface area contributed by atoms with Gasteiger partial charge in [0.2, 0.25) is 0 Å². The molecule has 15 heavy (non-hydrogen) atoms. The Kier molecular flexibility index (Phi) is 6.22. The second kappa shape index (κ2) is 7.20. The molecule has 0 aromatic rings. The van der Waals surface area contributed by atoms with Gasteiger partial charge in [0.1, 0.15) is 0 Å². The van der Waals surface area contributed by atoms with E-state index in [9.17, 15) is 0 Å². The molecular weight excluding hydrogens is 188 g/mol. The molecule has 1 heterocycles. The summed E-state index contributed by atoms with van der Waals surface area (Å²) in [4.78, 5) is 2.63. The number of morpholine rings is 1. The topological polar surface area (TPSA) is 24.5 Å². The second-order valence-electron chi connectivity index (χ2n) is 4.24. The molecule has 0 amide bonds. The highest BCUT2D eigenvalue weighted by atomic mass is 16.5. The predicted molar refractivity (Wildman–Crippen MR) is 64.2 cm³/mol. The maximum Gasteiger partial charge on any atom is 0.0635 e. The van der Waals surface area contributed by atoms with Crippen molar-refractivity contribution < 1.29 is 4.74 Å². The van der Waals surface area contributed by atoms with E-state index in [-0.39, 0.29) is 0 Å². The van der Waals surface area contributed by atoms with Crippen LogP contribution in [0.4, 0.5) is 0 Å². The minimum atomic E-state index is 0.573. The van der Waals surface area contributed by atoms with E-state index in [2.05, 4.69) is 31.0 Å². The van der Waals surface area contributed by atoms with Gasteiger partial charge in [-0.15, -0.1) is 0 Å². The number of rotatable bonds is 6. The van der Waals surface area contributed by atoms with Gasteiger partial charge in [-0.25, -0.2) is 0 Å². The van der Waals surface area contributed by atoms with Gasteiger partial charge in [0, 0.05) is 25.2 Å². The Morgan fingerprint density at radius 3 is 2.67 bits per heavy atom. The van der Waals surface area contributed by atoms with Gasteiger partial charge >= 0.3 is 0 Å². The predicted octanol–water partition coefficient (Wildman–Crippen LogP) is 1.49. The van der Waals surface area contributed by atoms with Crippen LogP contribution in [-0.2, 0) is 4.74 Å². The number of nitrogens with zero attached hydrogens (tertiary/aromatic N) is 1. The van der Waals surface area contributed by atoms with Crippen LogP contribution in [0.5, 0.6) is 0 Å². The highest BCUT2D eigenvalue weighted by Gasteiger charge is 2.26. The number of likely N-dealkylation sites (N-methyl/N-ethyl adjacent to an activating group) is 1. The Labute approximate surface area is 94.2 Å². The summed E-state index contributed by atoms with van der Waals surface area (Å²) in [6.45, 7) is 11.7. The molecule has 1 aliphatic rings. The summed E-state index contributed by atoms with van der Waals surface area (Å²) >= 11 is 0. The van der Waals surface area contributed by atoms with E-state index in [1.807, 2.05) is 0 Å². The van der Waals surface area contributed by atoms with Gasteiger partial charge in [0.25, 0.3) is 0 Å². The lowest BCUT2D eigenvalue weighted by molar-refractivity contribution is -0.0294. The molecule has 1 saturated heterocycles. The standard InChI is InChI=1S/C12H26N2O/c1-4-11(5-2)14-7-8-15-10-12(14)9-13-6-3/h11-13H,4-10H2,1-3H3. The Morgan fingerprint density at radius 2 is 2.07 bits per heavy atom. The molecule has 0 bridgehead atoms. The van der Waals surface area contributed by atoms with E-state index in [1.165, 1.54) is 12.8 Å². The molecule has 1 N–H and O–H groups in total. The van der Waals surface area contributed by atoms with Gasteiger partial charge in [-0.05, 0) is 19.4 Å². The monoisotopic (exact) mass is 214 g/mol. The first-order chi connectivity index (χ1) is 7.33. The summed E-state index contributed by atoms with van der Waals surface area (Å²) in [5.41, 5.74) is 0. The summed E-state index contributed by atoms with van der Waals surface area (Å²) in [7, 11) is 0. The van der Waals surface area contributed by atoms with Gasteiger partial charge in [-0.1, -0.05) is 20.8 Å². The van der Waals surface area contributed by atoms with Crippen molar-refractivity contribution in [3.63, 3.8) is 0 Å². The molecule has 0 aromatic carbocycles. The van der Waals surface area contributed by atoms with Crippen LogP contribution in [0, 0.1) is 0 Å². The third-order valence-corrected chi connectivity index (χ3v) is 3.31. The third kappa shape index (κ3) is 3.74. The smallest absolute Gasteiger partial charge is 0.0635 e. The van der Waals surface area contributed by atoms with Gasteiger partial charge in [-0.3, -0.25) is 4.90 Å². The molecule has 0 radical (unpaired) electrons. The van der Waals surface area contributed by atoms with E-state index in [0.717, 1.165) is 38.9 Å². The van der Waals surface area contributed by atoms with Crippen LogP contribution < -0.4 is 5.32 Å². The van der Waals surface area contributed by atoms with Gasteiger partial charge in [0.15, 0.2) is 0 Å². The Morgan fingerprint density at radius 1 is 1.33 bits per heavy atom. The lowest BCUT2D eigenvalue weighted by atomic mass is 10.1. The zero-order valence-corrected chi connectivity index (χ0v) is 10.5. The first-order valence-electron chi connectivity index (χ1n) is 6.37. The molecule has 0 spiro atoms. The fourth-order valence-corrected chi connectivity index (χ4v) is 2.39. The van der Waals surface area contributed by atoms with Crippen LogP contribution in [0.1, 0.15) is 33.6 Å². The van der Waals surface area contributed by atoms with Crippen molar-refractivity contribution >= 4 is 0 Å². The fraction of sp³-hybridized carbons (Fsp3) is 1.00. The van der Waals surface area contributed by atoms with Crippen LogP contribution in [0.25, 0.3) is 0 Å². The molecule has 3 heteroatoms. The normalized spacial score (nSPS) is 23.6. The number of nitrogens with one attached hydrogen (secondary N) is 1. The van der Waals surface area contributed by atoms with Gasteiger partial charge < -0.3 is 10.1 Å². The van der Waals surface area contributed by atoms with Crippen molar-refractivity contribution in [2.24, 2.45) is 0 Å². The second-order valence-corrected chi connectivity index (χ2v) is 4.24. The highest BCUT2D eigenvalue weighted by Crippen LogP contribution is 2.15. The zero-order valence-electron chi connectivity index (χ0n) is 10.5. The van der Waals surface area contributed by atoms with Crippen LogP contribution in [0.3, 0.4) is 0 Å². The first kappa shape index (κ1) is 12.9. The van der Waals surface area contributed by atoms with E-state index < -0.39 is 0 Å². The van der Waals surface area contributed by atoms with Crippen LogP contribution in [0.2, 0.25) is 0 Å². The summed E-state index contributed by atoms with van der Waals surface area (Å²) in [5.74, 6) is 0. The van der Waals surface area contributed by atoms with Crippen molar-refractivity contribution in [2.75, 3.05) is 32.8 Å². The number of hydrogen-bond donors (Lipinski definition) is 1. The molecule has 1 fully saturated rings. The highest BCUT2D eigenvalue weighted by molar-refractivity contribution is 4.82. The van der Waals surface area contributed by atoms with Crippen LogP contribution >= 0.6 is 0 Å². The molecule has 1 aliphatic heterocycles. The van der Waals surface area contributed by atoms with Crippen molar-refractivity contribution in [3.05, 3.63) is 0 Å². The molecule has 90 valence electrons. The Balaban J connectivity index is 2.48. The molecule has 0 aliphatic carbocycles. The Bertz CT molecular complexity index is 160. The maximum absolute atomic E-state index is 5.57. The quantitative estimate of drug-likeness (QED) is 0.725. The molecule has 1 rings (SSSR count). The first-order valence-corrected chi connectivity index (χ1v) is 6.37. The van der Waals surface area contributed by atoms with E-state index in [0.29, 0.717) is 6.04 Å². The SMILES string of the molecule is CCNCC1COCCN1C(CC)CC. The summed E-state index contributed by atoms with van der Waals surface area (Å²) in [6.07, 6.45) is 2.50. The minimum Gasteiger partial charge on any atom is -0.378 e. The summed E-state index contributed by atoms with van der Waals surface area (Å²) in [6, 6.07) is 1.31. The van der Waals surface area contributed by atoms with E-state index in [1.54, 1.807) is 0 Å². The third-order valence-electron chi connectivity index (χ3n) is 3.31. The molecule has 0 aromatic heterocycles. The average Bonchev–Trinajstić information content (AvgIpc) is 2.29. The van der Waals surface area contributed by atoms with Crippen molar-refractivity contribution in [1.29, 1.82) is 0 Å². The van der Waals surface area contributed by atoms with Gasteiger partial charge in [-0.2, -0.15) is 0 Å².